The largest absolute Gasteiger partial charge is 0.462 e. The van der Waals surface area contributed by atoms with Crippen molar-refractivity contribution in [1.82, 2.24) is 0 Å². The first-order valence-electron chi connectivity index (χ1n) is 9.48. The Morgan fingerprint density at radius 3 is 1.32 bits per heavy atom. The predicted octanol–water partition coefficient (Wildman–Crippen LogP) is 7.79. The number of rotatable bonds is 9. The molecule has 2 rings (SSSR count). The van der Waals surface area contributed by atoms with Crippen LogP contribution in [0.3, 0.4) is 0 Å². The Hall–Kier alpha value is -1.80. The van der Waals surface area contributed by atoms with Crippen LogP contribution in [0.5, 0.6) is 11.5 Å². The number of halogens is 6. The average Bonchev–Trinajstić information content (AvgIpc) is 2.75. The molecule has 2 aromatic carbocycles. The van der Waals surface area contributed by atoms with Gasteiger partial charge in [-0.2, -0.15) is 0 Å². The van der Waals surface area contributed by atoms with Crippen LogP contribution in [0.25, 0.3) is 0 Å². The van der Waals surface area contributed by atoms with Gasteiger partial charge in [-0.15, -0.1) is 0 Å². The molecule has 0 radical (unpaired) electrons. The van der Waals surface area contributed by atoms with Crippen LogP contribution in [0.2, 0.25) is 20.1 Å². The van der Waals surface area contributed by atoms with Gasteiger partial charge < -0.3 is 18.9 Å². The molecule has 0 heterocycles. The average molecular weight is 589 g/mol. The number of benzene rings is 2. The summed E-state index contributed by atoms with van der Waals surface area (Å²) in [5, 5.41) is -0.320. The van der Waals surface area contributed by atoms with Crippen LogP contribution in [0.1, 0.15) is 13.8 Å². The maximum atomic E-state index is 12.8. The second-order valence-corrected chi connectivity index (χ2v) is 8.47. The van der Waals surface area contributed by atoms with Crippen molar-refractivity contribution in [2.45, 2.75) is 13.8 Å². The number of carbonyl (C=O) groups is 2. The van der Waals surface area contributed by atoms with E-state index in [4.69, 9.17) is 88.6 Å². The summed E-state index contributed by atoms with van der Waals surface area (Å²) in [5.74, 6) is -1.99. The Morgan fingerprint density at radius 2 is 1.03 bits per heavy atom. The minimum absolute atomic E-state index is 0.0406. The third-order valence-electron chi connectivity index (χ3n) is 3.79. The van der Waals surface area contributed by atoms with E-state index in [9.17, 15) is 9.59 Å². The molecular weight excluding hydrogens is 573 g/mol. The van der Waals surface area contributed by atoms with E-state index < -0.39 is 33.5 Å². The first kappa shape index (κ1) is 28.4. The van der Waals surface area contributed by atoms with E-state index in [1.54, 1.807) is 13.8 Å². The summed E-state index contributed by atoms with van der Waals surface area (Å²) in [6.45, 7) is 3.01. The van der Waals surface area contributed by atoms with Crippen molar-refractivity contribution in [2.75, 3.05) is 13.2 Å². The number of ether oxygens (including phenoxy) is 4. The first-order chi connectivity index (χ1) is 16.1. The predicted molar refractivity (Wildman–Crippen MR) is 133 cm³/mol. The molecular formula is C22H16Cl6O6. The van der Waals surface area contributed by atoms with Gasteiger partial charge in [0.1, 0.15) is 22.6 Å². The molecule has 0 unspecified atom stereocenters. The molecule has 0 saturated heterocycles. The molecule has 0 aliphatic carbocycles. The smallest absolute Gasteiger partial charge is 0.343 e. The van der Waals surface area contributed by atoms with Crippen LogP contribution >= 0.6 is 69.6 Å². The normalized spacial score (nSPS) is 12.4. The van der Waals surface area contributed by atoms with Crippen LogP contribution in [-0.2, 0) is 19.1 Å². The topological polar surface area (TPSA) is 71.1 Å². The van der Waals surface area contributed by atoms with Gasteiger partial charge in [0, 0.05) is 10.0 Å². The monoisotopic (exact) mass is 586 g/mol. The Morgan fingerprint density at radius 1 is 0.676 bits per heavy atom. The van der Waals surface area contributed by atoms with E-state index in [0.29, 0.717) is 10.0 Å². The molecule has 0 atom stereocenters. The third kappa shape index (κ3) is 7.60. The van der Waals surface area contributed by atoms with Crippen molar-refractivity contribution in [1.29, 1.82) is 0 Å². The summed E-state index contributed by atoms with van der Waals surface area (Å²) in [7, 11) is 0. The molecule has 0 fully saturated rings. The fraction of sp³-hybridized carbons (Fsp3) is 0.182. The van der Waals surface area contributed by atoms with Gasteiger partial charge in [0.15, 0.2) is 0 Å². The van der Waals surface area contributed by atoms with Crippen LogP contribution in [0.4, 0.5) is 0 Å². The Bertz CT molecular complexity index is 1060. The minimum atomic E-state index is -1.04. The van der Waals surface area contributed by atoms with Gasteiger partial charge in [0.05, 0.1) is 23.3 Å². The number of carbonyl (C=O) groups excluding carboxylic acids is 2. The van der Waals surface area contributed by atoms with E-state index in [1.165, 1.54) is 36.4 Å². The number of esters is 2. The maximum Gasteiger partial charge on any atom is 0.343 e. The molecule has 0 amide bonds. The summed E-state index contributed by atoms with van der Waals surface area (Å²) in [5.41, 5.74) is -1.13. The lowest BCUT2D eigenvalue weighted by Gasteiger charge is -2.16. The van der Waals surface area contributed by atoms with E-state index in [-0.39, 0.29) is 34.8 Å². The molecule has 12 heteroatoms. The lowest BCUT2D eigenvalue weighted by molar-refractivity contribution is -0.142. The quantitative estimate of drug-likeness (QED) is 0.129. The number of hydrogen-bond acceptors (Lipinski definition) is 6. The molecule has 34 heavy (non-hydrogen) atoms. The van der Waals surface area contributed by atoms with Gasteiger partial charge in [-0.05, 0) is 73.4 Å². The highest BCUT2D eigenvalue weighted by atomic mass is 35.5. The van der Waals surface area contributed by atoms with Gasteiger partial charge in [-0.3, -0.25) is 0 Å². The Labute approximate surface area is 225 Å². The Kier molecular flexibility index (Phi) is 11.2. The summed E-state index contributed by atoms with van der Waals surface area (Å²) < 4.78 is 21.2. The van der Waals surface area contributed by atoms with E-state index >= 15 is 0 Å². The van der Waals surface area contributed by atoms with Gasteiger partial charge >= 0.3 is 11.9 Å². The van der Waals surface area contributed by atoms with Crippen molar-refractivity contribution in [3.63, 3.8) is 0 Å². The molecule has 182 valence electrons. The SMILES string of the molecule is CCOC(=O)C(=C(\Cl)Oc1ccc(Cl)cc1Cl)/C(C(=O)OCC)=C(\Cl)Oc1ccc(Cl)cc1Cl. The number of hydrogen-bond donors (Lipinski definition) is 0. The molecule has 0 N–H and O–H groups in total. The van der Waals surface area contributed by atoms with Crippen molar-refractivity contribution >= 4 is 81.5 Å². The van der Waals surface area contributed by atoms with Crippen molar-refractivity contribution in [3.8, 4) is 11.5 Å². The van der Waals surface area contributed by atoms with Crippen molar-refractivity contribution in [3.05, 3.63) is 78.1 Å². The van der Waals surface area contributed by atoms with E-state index in [2.05, 4.69) is 0 Å². The van der Waals surface area contributed by atoms with Crippen LogP contribution in [0.15, 0.2) is 58.0 Å². The summed E-state index contributed by atoms with van der Waals surface area (Å²) in [4.78, 5) is 25.7. The lowest BCUT2D eigenvalue weighted by Crippen LogP contribution is -2.21. The van der Waals surface area contributed by atoms with Crippen LogP contribution < -0.4 is 9.47 Å². The lowest BCUT2D eigenvalue weighted by atomic mass is 10.1. The molecule has 0 bridgehead atoms. The zero-order valence-electron chi connectivity index (χ0n) is 17.6. The van der Waals surface area contributed by atoms with Gasteiger partial charge in [0.2, 0.25) is 10.4 Å². The summed E-state index contributed by atoms with van der Waals surface area (Å²) >= 11 is 36.7. The summed E-state index contributed by atoms with van der Waals surface area (Å²) in [6, 6.07) is 8.58. The molecule has 0 aromatic heterocycles. The molecule has 2 aromatic rings. The highest BCUT2D eigenvalue weighted by Crippen LogP contribution is 2.35. The van der Waals surface area contributed by atoms with Crippen molar-refractivity contribution in [2.24, 2.45) is 0 Å². The van der Waals surface area contributed by atoms with Crippen LogP contribution in [0, 0.1) is 0 Å². The molecule has 0 spiro atoms. The maximum absolute atomic E-state index is 12.8. The molecule has 0 aliphatic heterocycles. The first-order valence-corrected chi connectivity index (χ1v) is 11.8. The fourth-order valence-electron chi connectivity index (χ4n) is 2.38. The minimum Gasteiger partial charge on any atom is -0.462 e. The van der Waals surface area contributed by atoms with Crippen LogP contribution in [-0.4, -0.2) is 25.2 Å². The zero-order valence-corrected chi connectivity index (χ0v) is 22.1. The highest BCUT2D eigenvalue weighted by Gasteiger charge is 2.33. The molecule has 0 aliphatic rings. The zero-order chi connectivity index (χ0) is 25.4. The fourth-order valence-corrected chi connectivity index (χ4v) is 3.78. The summed E-state index contributed by atoms with van der Waals surface area (Å²) in [6.07, 6.45) is 0. The molecule has 6 nitrogen and oxygen atoms in total. The molecule has 0 saturated carbocycles. The van der Waals surface area contributed by atoms with Gasteiger partial charge in [-0.1, -0.05) is 46.4 Å². The van der Waals surface area contributed by atoms with Crippen molar-refractivity contribution < 1.29 is 28.5 Å². The Balaban J connectivity index is 2.68. The second-order valence-electron chi connectivity index (χ2n) is 6.09. The second kappa shape index (κ2) is 13.3. The third-order valence-corrected chi connectivity index (χ3v) is 5.38. The highest BCUT2D eigenvalue weighted by molar-refractivity contribution is 6.37. The van der Waals surface area contributed by atoms with Gasteiger partial charge in [0.25, 0.3) is 0 Å². The van der Waals surface area contributed by atoms with E-state index in [1.807, 2.05) is 0 Å². The van der Waals surface area contributed by atoms with E-state index in [0.717, 1.165) is 0 Å². The van der Waals surface area contributed by atoms with Gasteiger partial charge in [-0.25, -0.2) is 9.59 Å². The standard InChI is InChI=1S/C22H16Cl6O6/c1-3-31-21(29)17(19(27)33-15-7-5-11(23)9-13(15)25)18(22(30)32-4-2)20(28)34-16-8-6-12(24)10-14(16)26/h5-10H,3-4H2,1-2H3/b19-17-,20-18+.